The lowest BCUT2D eigenvalue weighted by molar-refractivity contribution is 1.07. The van der Waals surface area contributed by atoms with Crippen LogP contribution in [-0.4, -0.2) is 4.98 Å². The second-order valence-electron chi connectivity index (χ2n) is 3.75. The van der Waals surface area contributed by atoms with E-state index in [1.165, 1.54) is 0 Å². The average molecular weight is 213 g/mol. The maximum atomic E-state index is 5.59. The zero-order valence-corrected chi connectivity index (χ0v) is 9.27. The predicted octanol–water partition coefficient (Wildman–Crippen LogP) is 2.59. The summed E-state index contributed by atoms with van der Waals surface area (Å²) in [7, 11) is 0. The zero-order chi connectivity index (χ0) is 11.4. The molecule has 0 bridgehead atoms. The first-order valence-electron chi connectivity index (χ1n) is 5.26. The summed E-state index contributed by atoms with van der Waals surface area (Å²) in [5, 5.41) is 3.24. The van der Waals surface area contributed by atoms with Crippen LogP contribution >= 0.6 is 0 Å². The molecule has 0 aliphatic carbocycles. The molecule has 0 amide bonds. The molecular formula is C13H15N3. The van der Waals surface area contributed by atoms with Crippen molar-refractivity contribution in [2.75, 3.05) is 5.32 Å². The fourth-order valence-corrected chi connectivity index (χ4v) is 1.47. The van der Waals surface area contributed by atoms with Gasteiger partial charge in [0.2, 0.25) is 0 Å². The van der Waals surface area contributed by atoms with E-state index in [-0.39, 0.29) is 0 Å². The van der Waals surface area contributed by atoms with Gasteiger partial charge in [-0.05, 0) is 36.2 Å². The molecule has 1 aromatic carbocycles. The van der Waals surface area contributed by atoms with Gasteiger partial charge in [-0.3, -0.25) is 0 Å². The molecule has 3 heteroatoms. The van der Waals surface area contributed by atoms with Crippen LogP contribution in [0.5, 0.6) is 0 Å². The number of hydrogen-bond donors (Lipinski definition) is 2. The highest BCUT2D eigenvalue weighted by Crippen LogP contribution is 2.15. The molecule has 0 atom stereocenters. The number of aryl methyl sites for hydroxylation is 1. The number of anilines is 2. The zero-order valence-electron chi connectivity index (χ0n) is 9.27. The lowest BCUT2D eigenvalue weighted by atomic mass is 10.2. The van der Waals surface area contributed by atoms with Crippen molar-refractivity contribution in [2.24, 2.45) is 5.73 Å². The van der Waals surface area contributed by atoms with Gasteiger partial charge in [-0.1, -0.05) is 18.2 Å². The largest absolute Gasteiger partial charge is 0.340 e. The molecule has 16 heavy (non-hydrogen) atoms. The Bertz CT molecular complexity index is 463. The van der Waals surface area contributed by atoms with Gasteiger partial charge in [-0.2, -0.15) is 0 Å². The molecular weight excluding hydrogens is 198 g/mol. The molecule has 1 heterocycles. The standard InChI is InChI=1S/C13H15N3/c1-10-5-6-13(15-9-10)16-12-4-2-3-11(7-12)8-14/h2-7,9H,8,14H2,1H3,(H,15,16). The van der Waals surface area contributed by atoms with Crippen molar-refractivity contribution in [2.45, 2.75) is 13.5 Å². The number of hydrogen-bond acceptors (Lipinski definition) is 3. The number of aromatic nitrogens is 1. The molecule has 82 valence electrons. The second kappa shape index (κ2) is 4.77. The van der Waals surface area contributed by atoms with Crippen molar-refractivity contribution in [1.82, 2.24) is 4.98 Å². The van der Waals surface area contributed by atoms with Crippen LogP contribution in [0.2, 0.25) is 0 Å². The molecule has 1 aromatic heterocycles. The Labute approximate surface area is 95.3 Å². The van der Waals surface area contributed by atoms with Gasteiger partial charge in [-0.25, -0.2) is 4.98 Å². The summed E-state index contributed by atoms with van der Waals surface area (Å²) in [4.78, 5) is 4.29. The van der Waals surface area contributed by atoms with E-state index in [2.05, 4.69) is 10.3 Å². The van der Waals surface area contributed by atoms with Crippen LogP contribution in [0, 0.1) is 6.92 Å². The maximum Gasteiger partial charge on any atom is 0.130 e. The molecule has 2 rings (SSSR count). The summed E-state index contributed by atoms with van der Waals surface area (Å²) in [5.74, 6) is 0.847. The molecule has 0 unspecified atom stereocenters. The molecule has 0 spiro atoms. The molecule has 2 aromatic rings. The van der Waals surface area contributed by atoms with Gasteiger partial charge in [0.05, 0.1) is 0 Å². The van der Waals surface area contributed by atoms with Crippen LogP contribution in [0.1, 0.15) is 11.1 Å². The van der Waals surface area contributed by atoms with Crippen molar-refractivity contribution < 1.29 is 0 Å². The Morgan fingerprint density at radius 3 is 2.81 bits per heavy atom. The number of nitrogens with zero attached hydrogens (tertiary/aromatic N) is 1. The highest BCUT2D eigenvalue weighted by molar-refractivity contribution is 5.56. The van der Waals surface area contributed by atoms with E-state index in [1.807, 2.05) is 49.5 Å². The summed E-state index contributed by atoms with van der Waals surface area (Å²) in [6, 6.07) is 12.0. The highest BCUT2D eigenvalue weighted by Gasteiger charge is 1.96. The lowest BCUT2D eigenvalue weighted by Gasteiger charge is -2.06. The third-order valence-corrected chi connectivity index (χ3v) is 2.35. The molecule has 0 fully saturated rings. The summed E-state index contributed by atoms with van der Waals surface area (Å²) in [5.41, 5.74) is 8.86. The first kappa shape index (κ1) is 10.6. The Hall–Kier alpha value is -1.87. The number of pyridine rings is 1. The molecule has 3 nitrogen and oxygen atoms in total. The maximum absolute atomic E-state index is 5.59. The first-order valence-corrected chi connectivity index (χ1v) is 5.26. The van der Waals surface area contributed by atoms with Gasteiger partial charge >= 0.3 is 0 Å². The summed E-state index contributed by atoms with van der Waals surface area (Å²) < 4.78 is 0. The van der Waals surface area contributed by atoms with Crippen LogP contribution in [0.15, 0.2) is 42.6 Å². The van der Waals surface area contributed by atoms with E-state index >= 15 is 0 Å². The minimum Gasteiger partial charge on any atom is -0.340 e. The Kier molecular flexibility index (Phi) is 3.17. The van der Waals surface area contributed by atoms with E-state index in [9.17, 15) is 0 Å². The molecule has 3 N–H and O–H groups in total. The topological polar surface area (TPSA) is 50.9 Å². The lowest BCUT2D eigenvalue weighted by Crippen LogP contribution is -1.98. The first-order chi connectivity index (χ1) is 7.78. The van der Waals surface area contributed by atoms with Crippen LogP contribution in [-0.2, 0) is 6.54 Å². The van der Waals surface area contributed by atoms with Crippen molar-refractivity contribution in [3.63, 3.8) is 0 Å². The Balaban J connectivity index is 2.16. The van der Waals surface area contributed by atoms with Crippen LogP contribution in [0.4, 0.5) is 11.5 Å². The van der Waals surface area contributed by atoms with Crippen molar-refractivity contribution in [3.8, 4) is 0 Å². The predicted molar refractivity (Wildman–Crippen MR) is 66.6 cm³/mol. The molecule has 0 aliphatic heterocycles. The van der Waals surface area contributed by atoms with Gasteiger partial charge in [0.25, 0.3) is 0 Å². The normalized spacial score (nSPS) is 10.1. The molecule has 0 radical (unpaired) electrons. The summed E-state index contributed by atoms with van der Waals surface area (Å²) in [6.07, 6.45) is 1.84. The summed E-state index contributed by atoms with van der Waals surface area (Å²) >= 11 is 0. The monoisotopic (exact) mass is 213 g/mol. The Morgan fingerprint density at radius 1 is 1.25 bits per heavy atom. The summed E-state index contributed by atoms with van der Waals surface area (Å²) in [6.45, 7) is 2.57. The van der Waals surface area contributed by atoms with E-state index in [0.29, 0.717) is 6.54 Å². The fraction of sp³-hybridized carbons (Fsp3) is 0.154. The molecule has 0 aliphatic rings. The van der Waals surface area contributed by atoms with E-state index < -0.39 is 0 Å². The third-order valence-electron chi connectivity index (χ3n) is 2.35. The minimum atomic E-state index is 0.552. The average Bonchev–Trinajstić information content (AvgIpc) is 2.32. The van der Waals surface area contributed by atoms with Gasteiger partial charge in [-0.15, -0.1) is 0 Å². The minimum absolute atomic E-state index is 0.552. The van der Waals surface area contributed by atoms with E-state index in [0.717, 1.165) is 22.6 Å². The van der Waals surface area contributed by atoms with Crippen molar-refractivity contribution in [3.05, 3.63) is 53.7 Å². The Morgan fingerprint density at radius 2 is 2.12 bits per heavy atom. The number of nitrogens with one attached hydrogen (secondary N) is 1. The van der Waals surface area contributed by atoms with Gasteiger partial charge in [0, 0.05) is 18.4 Å². The smallest absolute Gasteiger partial charge is 0.130 e. The number of rotatable bonds is 3. The van der Waals surface area contributed by atoms with E-state index in [1.54, 1.807) is 0 Å². The SMILES string of the molecule is Cc1ccc(Nc2cccc(CN)c2)nc1. The fourth-order valence-electron chi connectivity index (χ4n) is 1.47. The van der Waals surface area contributed by atoms with Gasteiger partial charge in [0.15, 0.2) is 0 Å². The van der Waals surface area contributed by atoms with Crippen LogP contribution in [0.25, 0.3) is 0 Å². The van der Waals surface area contributed by atoms with Crippen molar-refractivity contribution in [1.29, 1.82) is 0 Å². The number of benzene rings is 1. The van der Waals surface area contributed by atoms with Crippen LogP contribution in [0.3, 0.4) is 0 Å². The third kappa shape index (κ3) is 2.58. The van der Waals surface area contributed by atoms with E-state index in [4.69, 9.17) is 5.73 Å². The van der Waals surface area contributed by atoms with Gasteiger partial charge in [0.1, 0.15) is 5.82 Å². The highest BCUT2D eigenvalue weighted by atomic mass is 15.0. The number of nitrogens with two attached hydrogens (primary N) is 1. The van der Waals surface area contributed by atoms with Gasteiger partial charge < -0.3 is 11.1 Å². The molecule has 0 saturated carbocycles. The quantitative estimate of drug-likeness (QED) is 0.824. The molecule has 0 saturated heterocycles. The van der Waals surface area contributed by atoms with Crippen molar-refractivity contribution >= 4 is 11.5 Å². The van der Waals surface area contributed by atoms with Crippen LogP contribution < -0.4 is 11.1 Å². The second-order valence-corrected chi connectivity index (χ2v) is 3.75.